The van der Waals surface area contributed by atoms with Crippen molar-refractivity contribution in [3.63, 3.8) is 0 Å². The predicted octanol–water partition coefficient (Wildman–Crippen LogP) is 3.98. The molecule has 20 heavy (non-hydrogen) atoms. The molecule has 1 N–H and O–H groups in total. The number of rotatable bonds is 7. The van der Waals surface area contributed by atoms with Crippen molar-refractivity contribution in [2.24, 2.45) is 0 Å². The fourth-order valence-electron chi connectivity index (χ4n) is 1.96. The Morgan fingerprint density at radius 3 is 2.75 bits per heavy atom. The molecule has 1 aromatic carbocycles. The molecule has 0 saturated heterocycles. The highest BCUT2D eigenvalue weighted by atomic mass is 16.5. The molecule has 0 saturated carbocycles. The maximum absolute atomic E-state index is 5.75. The van der Waals surface area contributed by atoms with E-state index in [0.29, 0.717) is 6.61 Å². The molecule has 1 heterocycles. The van der Waals surface area contributed by atoms with E-state index in [9.17, 15) is 0 Å². The summed E-state index contributed by atoms with van der Waals surface area (Å²) in [4.78, 5) is 0. The molecule has 3 nitrogen and oxygen atoms in total. The van der Waals surface area contributed by atoms with Gasteiger partial charge in [0, 0.05) is 12.1 Å². The van der Waals surface area contributed by atoms with Crippen molar-refractivity contribution in [1.82, 2.24) is 5.32 Å². The Morgan fingerprint density at radius 2 is 2.00 bits per heavy atom. The van der Waals surface area contributed by atoms with Crippen LogP contribution < -0.4 is 10.1 Å². The van der Waals surface area contributed by atoms with E-state index >= 15 is 0 Å². The first-order valence-electron chi connectivity index (χ1n) is 7.16. The Bertz CT molecular complexity index is 546. The number of hydrogen-bond donors (Lipinski definition) is 1. The lowest BCUT2D eigenvalue weighted by Crippen LogP contribution is -2.13. The summed E-state index contributed by atoms with van der Waals surface area (Å²) in [7, 11) is 0. The van der Waals surface area contributed by atoms with Gasteiger partial charge in [-0.2, -0.15) is 0 Å². The molecule has 3 heteroatoms. The highest BCUT2D eigenvalue weighted by Crippen LogP contribution is 2.18. The zero-order valence-corrected chi connectivity index (χ0v) is 12.5. The fourth-order valence-corrected chi connectivity index (χ4v) is 1.96. The van der Waals surface area contributed by atoms with Gasteiger partial charge in [-0.05, 0) is 56.1 Å². The number of furan rings is 1. The Balaban J connectivity index is 1.85. The smallest absolute Gasteiger partial charge is 0.146 e. The van der Waals surface area contributed by atoms with Crippen LogP contribution in [0.15, 0.2) is 34.9 Å². The van der Waals surface area contributed by atoms with Crippen LogP contribution in [0.2, 0.25) is 0 Å². The zero-order chi connectivity index (χ0) is 14.4. The molecule has 2 aromatic rings. The molecule has 0 aliphatic heterocycles. The molecule has 0 amide bonds. The van der Waals surface area contributed by atoms with Crippen LogP contribution in [0.3, 0.4) is 0 Å². The second-order valence-corrected chi connectivity index (χ2v) is 5.13. The number of hydrogen-bond acceptors (Lipinski definition) is 3. The van der Waals surface area contributed by atoms with E-state index in [1.807, 2.05) is 12.1 Å². The second-order valence-electron chi connectivity index (χ2n) is 5.13. The zero-order valence-electron chi connectivity index (χ0n) is 12.5. The summed E-state index contributed by atoms with van der Waals surface area (Å²) in [5.74, 6) is 1.74. The van der Waals surface area contributed by atoms with E-state index in [-0.39, 0.29) is 0 Å². The minimum Gasteiger partial charge on any atom is -0.486 e. The van der Waals surface area contributed by atoms with Gasteiger partial charge in [0.2, 0.25) is 0 Å². The molecule has 0 fully saturated rings. The van der Waals surface area contributed by atoms with Gasteiger partial charge in [0.1, 0.15) is 18.1 Å². The third-order valence-electron chi connectivity index (χ3n) is 3.32. The molecule has 0 unspecified atom stereocenters. The van der Waals surface area contributed by atoms with E-state index in [4.69, 9.17) is 9.15 Å². The fraction of sp³-hybridized carbons (Fsp3) is 0.412. The summed E-state index contributed by atoms with van der Waals surface area (Å²) in [6, 6.07) is 8.17. The van der Waals surface area contributed by atoms with Crippen LogP contribution in [0.1, 0.15) is 35.8 Å². The average molecular weight is 273 g/mol. The normalized spacial score (nSPS) is 10.8. The number of benzene rings is 1. The molecule has 0 radical (unpaired) electrons. The lowest BCUT2D eigenvalue weighted by Gasteiger charge is -2.06. The Hall–Kier alpha value is -1.74. The average Bonchev–Trinajstić information content (AvgIpc) is 2.88. The van der Waals surface area contributed by atoms with Crippen LogP contribution in [0.5, 0.6) is 5.75 Å². The molecule has 0 aliphatic rings. The van der Waals surface area contributed by atoms with Crippen molar-refractivity contribution in [1.29, 1.82) is 0 Å². The van der Waals surface area contributed by atoms with Crippen LogP contribution >= 0.6 is 0 Å². The van der Waals surface area contributed by atoms with Gasteiger partial charge >= 0.3 is 0 Å². The standard InChI is InChI=1S/C17H23NO2/c1-4-7-18-10-15-9-17(19-11-15)12-20-16-6-5-13(2)14(3)8-16/h5-6,8-9,11,18H,4,7,10,12H2,1-3H3. The van der Waals surface area contributed by atoms with Crippen molar-refractivity contribution < 1.29 is 9.15 Å². The van der Waals surface area contributed by atoms with E-state index in [2.05, 4.69) is 38.2 Å². The topological polar surface area (TPSA) is 34.4 Å². The molecule has 1 aromatic heterocycles. The van der Waals surface area contributed by atoms with Crippen LogP contribution in [-0.2, 0) is 13.2 Å². The Kier molecular flexibility index (Phi) is 5.24. The molecule has 108 valence electrons. The number of nitrogens with one attached hydrogen (secondary N) is 1. The summed E-state index contributed by atoms with van der Waals surface area (Å²) in [6.45, 7) is 8.69. The van der Waals surface area contributed by atoms with Gasteiger partial charge in [0.05, 0.1) is 6.26 Å². The van der Waals surface area contributed by atoms with Crippen molar-refractivity contribution in [3.8, 4) is 5.75 Å². The summed E-state index contributed by atoms with van der Waals surface area (Å²) in [5, 5.41) is 3.35. The third kappa shape index (κ3) is 4.14. The minimum absolute atomic E-state index is 0.469. The van der Waals surface area contributed by atoms with E-state index in [1.165, 1.54) is 11.1 Å². The van der Waals surface area contributed by atoms with Crippen LogP contribution in [0.25, 0.3) is 0 Å². The number of aryl methyl sites for hydroxylation is 2. The number of ether oxygens (including phenoxy) is 1. The van der Waals surface area contributed by atoms with Gasteiger partial charge < -0.3 is 14.5 Å². The van der Waals surface area contributed by atoms with Crippen LogP contribution in [0.4, 0.5) is 0 Å². The Morgan fingerprint density at radius 1 is 1.15 bits per heavy atom. The first kappa shape index (κ1) is 14.7. The summed E-state index contributed by atoms with van der Waals surface area (Å²) in [6.07, 6.45) is 2.93. The lowest BCUT2D eigenvalue weighted by molar-refractivity contribution is 0.270. The van der Waals surface area contributed by atoms with Crippen LogP contribution in [0, 0.1) is 13.8 Å². The highest BCUT2D eigenvalue weighted by Gasteiger charge is 2.03. The molecule has 0 spiro atoms. The van der Waals surface area contributed by atoms with E-state index in [0.717, 1.165) is 36.6 Å². The van der Waals surface area contributed by atoms with Crippen molar-refractivity contribution in [2.75, 3.05) is 6.54 Å². The van der Waals surface area contributed by atoms with Crippen molar-refractivity contribution in [3.05, 3.63) is 53.0 Å². The second kappa shape index (κ2) is 7.15. The largest absolute Gasteiger partial charge is 0.486 e. The van der Waals surface area contributed by atoms with Gasteiger partial charge in [-0.25, -0.2) is 0 Å². The highest BCUT2D eigenvalue weighted by molar-refractivity contribution is 5.33. The lowest BCUT2D eigenvalue weighted by atomic mass is 10.1. The monoisotopic (exact) mass is 273 g/mol. The van der Waals surface area contributed by atoms with Gasteiger partial charge in [-0.1, -0.05) is 13.0 Å². The van der Waals surface area contributed by atoms with Gasteiger partial charge in [0.15, 0.2) is 0 Å². The van der Waals surface area contributed by atoms with Gasteiger partial charge in [0.25, 0.3) is 0 Å². The molecule has 2 rings (SSSR count). The minimum atomic E-state index is 0.469. The summed E-state index contributed by atoms with van der Waals surface area (Å²) in [5.41, 5.74) is 3.68. The van der Waals surface area contributed by atoms with Crippen molar-refractivity contribution >= 4 is 0 Å². The predicted molar refractivity (Wildman–Crippen MR) is 81.0 cm³/mol. The molecule has 0 aliphatic carbocycles. The van der Waals surface area contributed by atoms with E-state index < -0.39 is 0 Å². The molecule has 0 atom stereocenters. The first-order chi connectivity index (χ1) is 9.69. The molecular weight excluding hydrogens is 250 g/mol. The molecular formula is C17H23NO2. The maximum atomic E-state index is 5.75. The third-order valence-corrected chi connectivity index (χ3v) is 3.32. The van der Waals surface area contributed by atoms with Crippen molar-refractivity contribution in [2.45, 2.75) is 40.3 Å². The SMILES string of the molecule is CCCNCc1coc(COc2ccc(C)c(C)c2)c1. The maximum Gasteiger partial charge on any atom is 0.146 e. The summed E-state index contributed by atoms with van der Waals surface area (Å²) >= 11 is 0. The quantitative estimate of drug-likeness (QED) is 0.775. The van der Waals surface area contributed by atoms with E-state index in [1.54, 1.807) is 6.26 Å². The summed E-state index contributed by atoms with van der Waals surface area (Å²) < 4.78 is 11.3. The first-order valence-corrected chi connectivity index (χ1v) is 7.16. The molecule has 0 bridgehead atoms. The van der Waals surface area contributed by atoms with Gasteiger partial charge in [-0.3, -0.25) is 0 Å². The van der Waals surface area contributed by atoms with Crippen LogP contribution in [-0.4, -0.2) is 6.54 Å². The Labute approximate surface area is 121 Å². The van der Waals surface area contributed by atoms with Gasteiger partial charge in [-0.15, -0.1) is 0 Å².